The molecule has 2 aromatic carbocycles. The topological polar surface area (TPSA) is 32.8 Å². The van der Waals surface area contributed by atoms with Crippen molar-refractivity contribution in [1.82, 2.24) is 4.90 Å². The Morgan fingerprint density at radius 1 is 1.08 bits per heavy atom. The molecule has 0 bridgehead atoms. The third-order valence-electron chi connectivity index (χ3n) is 4.79. The van der Waals surface area contributed by atoms with Gasteiger partial charge in [0.15, 0.2) is 6.10 Å². The number of carbonyl (C=O) groups excluding carboxylic acids is 1. The summed E-state index contributed by atoms with van der Waals surface area (Å²) in [5, 5.41) is 0. The molecular weight excluding hydrogens is 331 g/mol. The molecule has 26 heavy (non-hydrogen) atoms. The molecule has 0 N–H and O–H groups in total. The van der Waals surface area contributed by atoms with Crippen LogP contribution in [0.4, 0.5) is 10.1 Å². The van der Waals surface area contributed by atoms with E-state index in [9.17, 15) is 9.18 Å². The van der Waals surface area contributed by atoms with Crippen LogP contribution in [0.3, 0.4) is 0 Å². The van der Waals surface area contributed by atoms with E-state index in [2.05, 4.69) is 4.90 Å². The Balaban J connectivity index is 1.59. The van der Waals surface area contributed by atoms with Crippen LogP contribution in [0.5, 0.6) is 5.75 Å². The number of piperazine rings is 1. The standard InChI is InChI=1S/C21H25FN2O2/c1-3-19(26-20-7-5-4-6-16(20)2)21(25)24-14-12-23(13-15-24)18-10-8-17(22)9-11-18/h4-11,19H,3,12-15H2,1-2H3. The van der Waals surface area contributed by atoms with Crippen molar-refractivity contribution in [2.45, 2.75) is 26.4 Å². The summed E-state index contributed by atoms with van der Waals surface area (Å²) in [6.07, 6.45) is 0.166. The van der Waals surface area contributed by atoms with E-state index < -0.39 is 6.10 Å². The van der Waals surface area contributed by atoms with E-state index >= 15 is 0 Å². The van der Waals surface area contributed by atoms with Crippen LogP contribution in [-0.2, 0) is 4.79 Å². The molecule has 0 spiro atoms. The molecule has 1 heterocycles. The van der Waals surface area contributed by atoms with Crippen molar-refractivity contribution >= 4 is 11.6 Å². The zero-order chi connectivity index (χ0) is 18.5. The molecule has 5 heteroatoms. The number of rotatable bonds is 5. The van der Waals surface area contributed by atoms with Crippen molar-refractivity contribution in [3.05, 3.63) is 59.9 Å². The normalized spacial score (nSPS) is 15.7. The van der Waals surface area contributed by atoms with Gasteiger partial charge in [0.05, 0.1) is 0 Å². The van der Waals surface area contributed by atoms with Gasteiger partial charge >= 0.3 is 0 Å². The van der Waals surface area contributed by atoms with Gasteiger partial charge in [0.1, 0.15) is 11.6 Å². The van der Waals surface area contributed by atoms with Crippen LogP contribution in [-0.4, -0.2) is 43.1 Å². The van der Waals surface area contributed by atoms with E-state index in [1.165, 1.54) is 12.1 Å². The molecule has 1 aliphatic heterocycles. The Kier molecular flexibility index (Phi) is 5.76. The number of nitrogens with zero attached hydrogens (tertiary/aromatic N) is 2. The number of anilines is 1. The Hall–Kier alpha value is -2.56. The van der Waals surface area contributed by atoms with E-state index in [-0.39, 0.29) is 11.7 Å². The molecule has 0 aromatic heterocycles. The third kappa shape index (κ3) is 4.15. The molecule has 0 radical (unpaired) electrons. The summed E-state index contributed by atoms with van der Waals surface area (Å²) < 4.78 is 19.1. The number of hydrogen-bond acceptors (Lipinski definition) is 3. The zero-order valence-corrected chi connectivity index (χ0v) is 15.3. The molecule has 3 rings (SSSR count). The molecular formula is C21H25FN2O2. The summed E-state index contributed by atoms with van der Waals surface area (Å²) in [5.41, 5.74) is 2.02. The smallest absolute Gasteiger partial charge is 0.263 e. The van der Waals surface area contributed by atoms with Gasteiger partial charge in [-0.3, -0.25) is 4.79 Å². The average molecular weight is 356 g/mol. The Morgan fingerprint density at radius 2 is 1.73 bits per heavy atom. The fraction of sp³-hybridized carbons (Fsp3) is 0.381. The lowest BCUT2D eigenvalue weighted by Crippen LogP contribution is -2.52. The highest BCUT2D eigenvalue weighted by Gasteiger charge is 2.28. The van der Waals surface area contributed by atoms with Gasteiger partial charge in [0, 0.05) is 31.9 Å². The number of ether oxygens (including phenoxy) is 1. The molecule has 0 saturated carbocycles. The molecule has 2 aromatic rings. The van der Waals surface area contributed by atoms with E-state index in [0.29, 0.717) is 19.5 Å². The molecule has 138 valence electrons. The van der Waals surface area contributed by atoms with E-state index in [4.69, 9.17) is 4.74 Å². The van der Waals surface area contributed by atoms with Crippen molar-refractivity contribution in [2.75, 3.05) is 31.1 Å². The van der Waals surface area contributed by atoms with Gasteiger partial charge in [-0.1, -0.05) is 25.1 Å². The number of halogens is 1. The molecule has 0 aliphatic carbocycles. The van der Waals surface area contributed by atoms with Crippen LogP contribution >= 0.6 is 0 Å². The monoisotopic (exact) mass is 356 g/mol. The van der Waals surface area contributed by atoms with Gasteiger partial charge in [-0.15, -0.1) is 0 Å². The second-order valence-electron chi connectivity index (χ2n) is 6.57. The maximum absolute atomic E-state index is 13.1. The first-order chi connectivity index (χ1) is 12.6. The summed E-state index contributed by atoms with van der Waals surface area (Å²) in [6, 6.07) is 14.3. The number of amides is 1. The maximum Gasteiger partial charge on any atom is 0.263 e. The summed E-state index contributed by atoms with van der Waals surface area (Å²) in [5.74, 6) is 0.564. The van der Waals surface area contributed by atoms with Crippen molar-refractivity contribution in [3.63, 3.8) is 0 Å². The van der Waals surface area contributed by atoms with Gasteiger partial charge in [-0.2, -0.15) is 0 Å². The van der Waals surface area contributed by atoms with Crippen LogP contribution in [0.25, 0.3) is 0 Å². The summed E-state index contributed by atoms with van der Waals surface area (Å²) >= 11 is 0. The zero-order valence-electron chi connectivity index (χ0n) is 15.3. The number of aryl methyl sites for hydroxylation is 1. The van der Waals surface area contributed by atoms with E-state index in [1.807, 2.05) is 43.0 Å². The first-order valence-corrected chi connectivity index (χ1v) is 9.10. The lowest BCUT2D eigenvalue weighted by Gasteiger charge is -2.37. The molecule has 1 fully saturated rings. The summed E-state index contributed by atoms with van der Waals surface area (Å²) in [4.78, 5) is 16.9. The van der Waals surface area contributed by atoms with Crippen molar-refractivity contribution < 1.29 is 13.9 Å². The Morgan fingerprint density at radius 3 is 2.35 bits per heavy atom. The fourth-order valence-electron chi connectivity index (χ4n) is 3.19. The highest BCUT2D eigenvalue weighted by molar-refractivity contribution is 5.81. The molecule has 4 nitrogen and oxygen atoms in total. The Labute approximate surface area is 154 Å². The minimum absolute atomic E-state index is 0.0366. The predicted octanol–water partition coefficient (Wildman–Crippen LogP) is 3.64. The number of para-hydroxylation sites is 1. The van der Waals surface area contributed by atoms with E-state index in [1.54, 1.807) is 12.1 Å². The van der Waals surface area contributed by atoms with Crippen molar-refractivity contribution in [3.8, 4) is 5.75 Å². The number of carbonyl (C=O) groups is 1. The van der Waals surface area contributed by atoms with Crippen LogP contribution in [0.15, 0.2) is 48.5 Å². The fourth-order valence-corrected chi connectivity index (χ4v) is 3.19. The largest absolute Gasteiger partial charge is 0.480 e. The molecule has 1 atom stereocenters. The lowest BCUT2D eigenvalue weighted by atomic mass is 10.2. The number of hydrogen-bond donors (Lipinski definition) is 0. The van der Waals surface area contributed by atoms with Crippen molar-refractivity contribution in [2.24, 2.45) is 0 Å². The van der Waals surface area contributed by atoms with Gasteiger partial charge in [-0.25, -0.2) is 4.39 Å². The minimum Gasteiger partial charge on any atom is -0.480 e. The SMILES string of the molecule is CCC(Oc1ccccc1C)C(=O)N1CCN(c2ccc(F)cc2)CC1. The highest BCUT2D eigenvalue weighted by Crippen LogP contribution is 2.21. The minimum atomic E-state index is -0.464. The van der Waals surface area contributed by atoms with Gasteiger partial charge in [0.2, 0.25) is 0 Å². The Bertz CT molecular complexity index is 740. The van der Waals surface area contributed by atoms with Crippen LogP contribution in [0.1, 0.15) is 18.9 Å². The number of benzene rings is 2. The lowest BCUT2D eigenvalue weighted by molar-refractivity contribution is -0.139. The van der Waals surface area contributed by atoms with Gasteiger partial charge < -0.3 is 14.5 Å². The van der Waals surface area contributed by atoms with Gasteiger partial charge in [0.25, 0.3) is 5.91 Å². The summed E-state index contributed by atoms with van der Waals surface area (Å²) in [6.45, 7) is 6.70. The first kappa shape index (κ1) is 18.2. The average Bonchev–Trinajstić information content (AvgIpc) is 2.68. The molecule has 1 unspecified atom stereocenters. The van der Waals surface area contributed by atoms with Crippen LogP contribution < -0.4 is 9.64 Å². The highest BCUT2D eigenvalue weighted by atomic mass is 19.1. The van der Waals surface area contributed by atoms with Gasteiger partial charge in [-0.05, 0) is 49.2 Å². The molecule has 1 aliphatic rings. The maximum atomic E-state index is 13.1. The van der Waals surface area contributed by atoms with Crippen molar-refractivity contribution in [1.29, 1.82) is 0 Å². The molecule has 1 amide bonds. The van der Waals surface area contributed by atoms with Crippen LogP contribution in [0, 0.1) is 12.7 Å². The second-order valence-corrected chi connectivity index (χ2v) is 6.57. The molecule has 1 saturated heterocycles. The first-order valence-electron chi connectivity index (χ1n) is 9.10. The predicted molar refractivity (Wildman–Crippen MR) is 101 cm³/mol. The third-order valence-corrected chi connectivity index (χ3v) is 4.79. The quantitative estimate of drug-likeness (QED) is 0.820. The van der Waals surface area contributed by atoms with Crippen LogP contribution in [0.2, 0.25) is 0 Å². The second kappa shape index (κ2) is 8.21. The van der Waals surface area contributed by atoms with E-state index in [0.717, 1.165) is 30.1 Å². The summed E-state index contributed by atoms with van der Waals surface area (Å²) in [7, 11) is 0.